The number of carboxylic acid groups (broad SMARTS) is 1. The quantitative estimate of drug-likeness (QED) is 0.561. The highest BCUT2D eigenvalue weighted by molar-refractivity contribution is 14.1. The van der Waals surface area contributed by atoms with Crippen LogP contribution in [0.25, 0.3) is 22.0 Å². The summed E-state index contributed by atoms with van der Waals surface area (Å²) in [6, 6.07) is 11.2. The van der Waals surface area contributed by atoms with Gasteiger partial charge in [-0.25, -0.2) is 9.18 Å². The molecule has 0 aliphatic carbocycles. The average molecular weight is 480 g/mol. The van der Waals surface area contributed by atoms with Crippen molar-refractivity contribution >= 4 is 39.6 Å². The number of piperazine rings is 1. The molecule has 1 saturated heterocycles. The van der Waals surface area contributed by atoms with Crippen molar-refractivity contribution in [1.29, 1.82) is 0 Å². The Morgan fingerprint density at radius 1 is 1.19 bits per heavy atom. The Morgan fingerprint density at radius 2 is 1.89 bits per heavy atom. The first kappa shape index (κ1) is 18.2. The number of carbonyl (C=O) groups is 1. The lowest BCUT2D eigenvalue weighted by Gasteiger charge is -2.33. The van der Waals surface area contributed by atoms with Crippen molar-refractivity contribution in [2.75, 3.05) is 26.2 Å². The molecule has 0 radical (unpaired) electrons. The van der Waals surface area contributed by atoms with Gasteiger partial charge in [-0.1, -0.05) is 24.3 Å². The molecule has 4 rings (SSSR count). The zero-order chi connectivity index (χ0) is 19.0. The molecule has 2 heterocycles. The number of fused-ring (bicyclic) bond motifs is 1. The van der Waals surface area contributed by atoms with Crippen molar-refractivity contribution in [3.05, 3.63) is 51.5 Å². The lowest BCUT2D eigenvalue weighted by Crippen LogP contribution is -2.47. The molecular formula is C19H18FIN4O2. The summed E-state index contributed by atoms with van der Waals surface area (Å²) in [6.07, 6.45) is -0.856. The van der Waals surface area contributed by atoms with E-state index in [-0.39, 0.29) is 5.82 Å². The van der Waals surface area contributed by atoms with Gasteiger partial charge in [0.25, 0.3) is 0 Å². The number of nitrogens with one attached hydrogen (secondary N) is 1. The first-order valence-corrected chi connectivity index (χ1v) is 9.72. The molecule has 1 aromatic heterocycles. The third kappa shape index (κ3) is 3.77. The first-order valence-electron chi connectivity index (χ1n) is 8.64. The van der Waals surface area contributed by atoms with Crippen molar-refractivity contribution in [3.63, 3.8) is 0 Å². The summed E-state index contributed by atoms with van der Waals surface area (Å²) in [7, 11) is 0. The summed E-state index contributed by atoms with van der Waals surface area (Å²) in [5.41, 5.74) is 3.13. The van der Waals surface area contributed by atoms with E-state index in [0.717, 1.165) is 39.8 Å². The third-order valence-corrected chi connectivity index (χ3v) is 5.73. The molecule has 1 amide bonds. The molecule has 1 aliphatic rings. The number of rotatable bonds is 3. The van der Waals surface area contributed by atoms with E-state index < -0.39 is 6.09 Å². The van der Waals surface area contributed by atoms with E-state index in [1.165, 1.54) is 11.0 Å². The monoisotopic (exact) mass is 480 g/mol. The maximum absolute atomic E-state index is 14.5. The van der Waals surface area contributed by atoms with E-state index in [1.807, 2.05) is 30.3 Å². The SMILES string of the molecule is O=C(O)N1CCN(Cc2ccc(-c3cc4c(I)[nH]nc4cc3F)cc2)CC1. The van der Waals surface area contributed by atoms with Gasteiger partial charge in [0.15, 0.2) is 0 Å². The Kier molecular flexibility index (Phi) is 5.00. The standard InChI is InChI=1S/C19H18FIN4O2/c20-16-10-17-15(18(21)23-22-17)9-14(16)13-3-1-12(2-4-13)11-24-5-7-25(8-6-24)19(26)27/h1-4,9-10H,5-8,11H2,(H,22,23)(H,26,27). The number of benzene rings is 2. The number of H-pyrrole nitrogens is 1. The van der Waals surface area contributed by atoms with Crippen LogP contribution in [0.15, 0.2) is 36.4 Å². The minimum absolute atomic E-state index is 0.289. The summed E-state index contributed by atoms with van der Waals surface area (Å²) in [6.45, 7) is 3.26. The van der Waals surface area contributed by atoms with Gasteiger partial charge in [0, 0.05) is 49.7 Å². The fourth-order valence-corrected chi connectivity index (χ4v) is 3.92. The van der Waals surface area contributed by atoms with Gasteiger partial charge in [-0.3, -0.25) is 10.00 Å². The predicted molar refractivity (Wildman–Crippen MR) is 109 cm³/mol. The van der Waals surface area contributed by atoms with Crippen LogP contribution in [0.1, 0.15) is 5.56 Å². The molecule has 8 heteroatoms. The number of halogens is 2. The second kappa shape index (κ2) is 7.43. The molecule has 2 N–H and O–H groups in total. The molecule has 3 aromatic rings. The Hall–Kier alpha value is -2.20. The lowest BCUT2D eigenvalue weighted by molar-refractivity contribution is 0.103. The fourth-order valence-electron chi connectivity index (χ4n) is 3.37. The van der Waals surface area contributed by atoms with Crippen LogP contribution in [-0.2, 0) is 6.54 Å². The summed E-state index contributed by atoms with van der Waals surface area (Å²) < 4.78 is 15.4. The maximum atomic E-state index is 14.5. The second-order valence-electron chi connectivity index (χ2n) is 6.63. The molecule has 1 fully saturated rings. The van der Waals surface area contributed by atoms with Gasteiger partial charge in [-0.05, 0) is 39.8 Å². The van der Waals surface area contributed by atoms with E-state index in [0.29, 0.717) is 24.2 Å². The number of aromatic nitrogens is 2. The normalized spacial score (nSPS) is 15.4. The van der Waals surface area contributed by atoms with Crippen LogP contribution in [0.2, 0.25) is 0 Å². The van der Waals surface area contributed by atoms with E-state index in [2.05, 4.69) is 37.7 Å². The summed E-state index contributed by atoms with van der Waals surface area (Å²) in [4.78, 5) is 14.6. The largest absolute Gasteiger partial charge is 0.465 e. The minimum atomic E-state index is -0.856. The predicted octanol–water partition coefficient (Wildman–Crippen LogP) is 3.77. The maximum Gasteiger partial charge on any atom is 0.407 e. The first-order chi connectivity index (χ1) is 13.0. The van der Waals surface area contributed by atoms with Crippen molar-refractivity contribution in [2.24, 2.45) is 0 Å². The van der Waals surface area contributed by atoms with Crippen LogP contribution in [0.5, 0.6) is 0 Å². The Labute approximate surface area is 169 Å². The Morgan fingerprint density at radius 3 is 2.56 bits per heavy atom. The van der Waals surface area contributed by atoms with Crippen LogP contribution in [0.3, 0.4) is 0 Å². The molecule has 0 saturated carbocycles. The van der Waals surface area contributed by atoms with E-state index >= 15 is 0 Å². The molecule has 0 atom stereocenters. The van der Waals surface area contributed by atoms with Crippen LogP contribution in [0.4, 0.5) is 9.18 Å². The van der Waals surface area contributed by atoms with Crippen LogP contribution >= 0.6 is 22.6 Å². The van der Waals surface area contributed by atoms with Crippen molar-refractivity contribution in [1.82, 2.24) is 20.0 Å². The molecule has 6 nitrogen and oxygen atoms in total. The zero-order valence-electron chi connectivity index (χ0n) is 14.5. The summed E-state index contributed by atoms with van der Waals surface area (Å²) in [5.74, 6) is -0.289. The molecule has 0 bridgehead atoms. The fraction of sp³-hybridized carbons (Fsp3) is 0.263. The van der Waals surface area contributed by atoms with Gasteiger partial charge in [0.2, 0.25) is 0 Å². The number of aromatic amines is 1. The topological polar surface area (TPSA) is 72.5 Å². The molecule has 2 aromatic carbocycles. The number of hydrogen-bond acceptors (Lipinski definition) is 3. The smallest absolute Gasteiger partial charge is 0.407 e. The van der Waals surface area contributed by atoms with Gasteiger partial charge < -0.3 is 10.0 Å². The van der Waals surface area contributed by atoms with Gasteiger partial charge >= 0.3 is 6.09 Å². The molecule has 0 unspecified atom stereocenters. The molecule has 27 heavy (non-hydrogen) atoms. The molecule has 1 aliphatic heterocycles. The van der Waals surface area contributed by atoms with Crippen LogP contribution in [-0.4, -0.2) is 57.4 Å². The average Bonchev–Trinajstić information content (AvgIpc) is 3.02. The molecular weight excluding hydrogens is 462 g/mol. The summed E-state index contributed by atoms with van der Waals surface area (Å²) >= 11 is 2.16. The second-order valence-corrected chi connectivity index (χ2v) is 7.71. The highest BCUT2D eigenvalue weighted by atomic mass is 127. The van der Waals surface area contributed by atoms with Gasteiger partial charge in [0.1, 0.15) is 9.52 Å². The number of nitrogens with zero attached hydrogens (tertiary/aromatic N) is 3. The Bertz CT molecular complexity index is 981. The summed E-state index contributed by atoms with van der Waals surface area (Å²) in [5, 5.41) is 16.9. The zero-order valence-corrected chi connectivity index (χ0v) is 16.6. The van der Waals surface area contributed by atoms with Crippen LogP contribution < -0.4 is 0 Å². The minimum Gasteiger partial charge on any atom is -0.465 e. The van der Waals surface area contributed by atoms with E-state index in [9.17, 15) is 9.18 Å². The van der Waals surface area contributed by atoms with E-state index in [4.69, 9.17) is 5.11 Å². The van der Waals surface area contributed by atoms with Crippen molar-refractivity contribution < 1.29 is 14.3 Å². The van der Waals surface area contributed by atoms with Crippen molar-refractivity contribution in [3.8, 4) is 11.1 Å². The van der Waals surface area contributed by atoms with Gasteiger partial charge in [0.05, 0.1) is 5.52 Å². The highest BCUT2D eigenvalue weighted by Crippen LogP contribution is 2.29. The molecule has 140 valence electrons. The number of hydrogen-bond donors (Lipinski definition) is 2. The third-order valence-electron chi connectivity index (χ3n) is 4.91. The Balaban J connectivity index is 1.49. The molecule has 0 spiro atoms. The van der Waals surface area contributed by atoms with Crippen LogP contribution in [0, 0.1) is 9.52 Å². The van der Waals surface area contributed by atoms with E-state index in [1.54, 1.807) is 0 Å². The number of amides is 1. The van der Waals surface area contributed by atoms with Gasteiger partial charge in [-0.2, -0.15) is 5.10 Å². The van der Waals surface area contributed by atoms with Gasteiger partial charge in [-0.15, -0.1) is 0 Å². The van der Waals surface area contributed by atoms with Crippen molar-refractivity contribution in [2.45, 2.75) is 6.54 Å². The lowest BCUT2D eigenvalue weighted by atomic mass is 10.0. The highest BCUT2D eigenvalue weighted by Gasteiger charge is 2.20.